The Bertz CT molecular complexity index is 405. The molecule has 0 aliphatic heterocycles. The van der Waals surface area contributed by atoms with Crippen LogP contribution >= 0.6 is 0 Å². The standard InChI is InChI=1S/C10H13F3N4O/c1-3-14-8-5-4-7(15-16-8)9(18)17(2)6-10(11,12)13/h4-5H,3,6H2,1-2H3,(H,14,16). The normalized spacial score (nSPS) is 11.2. The fraction of sp³-hybridized carbons (Fsp3) is 0.500. The van der Waals surface area contributed by atoms with Gasteiger partial charge >= 0.3 is 6.18 Å². The minimum atomic E-state index is -4.43. The van der Waals surface area contributed by atoms with Crippen LogP contribution in [-0.4, -0.2) is 47.3 Å². The maximum atomic E-state index is 12.1. The van der Waals surface area contributed by atoms with Gasteiger partial charge in [0.05, 0.1) is 0 Å². The molecule has 1 aromatic rings. The van der Waals surface area contributed by atoms with E-state index in [1.54, 1.807) is 0 Å². The molecule has 0 saturated carbocycles. The van der Waals surface area contributed by atoms with Crippen molar-refractivity contribution in [3.8, 4) is 0 Å². The van der Waals surface area contributed by atoms with Crippen LogP contribution in [0.25, 0.3) is 0 Å². The van der Waals surface area contributed by atoms with Gasteiger partial charge in [-0.3, -0.25) is 4.79 Å². The molecule has 0 aliphatic rings. The van der Waals surface area contributed by atoms with E-state index in [1.807, 2.05) is 6.92 Å². The average molecular weight is 262 g/mol. The van der Waals surface area contributed by atoms with E-state index in [1.165, 1.54) is 12.1 Å². The van der Waals surface area contributed by atoms with Gasteiger partial charge in [0.15, 0.2) is 5.69 Å². The van der Waals surface area contributed by atoms with Crippen molar-refractivity contribution in [3.05, 3.63) is 17.8 Å². The summed E-state index contributed by atoms with van der Waals surface area (Å²) in [6.07, 6.45) is -4.43. The van der Waals surface area contributed by atoms with Crippen LogP contribution in [0.5, 0.6) is 0 Å². The molecule has 0 atom stereocenters. The second-order valence-corrected chi connectivity index (χ2v) is 3.61. The largest absolute Gasteiger partial charge is 0.406 e. The van der Waals surface area contributed by atoms with E-state index in [2.05, 4.69) is 15.5 Å². The summed E-state index contributed by atoms with van der Waals surface area (Å²) < 4.78 is 36.3. The fourth-order valence-electron chi connectivity index (χ4n) is 1.26. The number of hydrogen-bond acceptors (Lipinski definition) is 4. The first kappa shape index (κ1) is 14.2. The minimum absolute atomic E-state index is 0.122. The summed E-state index contributed by atoms with van der Waals surface area (Å²) in [7, 11) is 1.07. The Balaban J connectivity index is 2.72. The van der Waals surface area contributed by atoms with Crippen molar-refractivity contribution in [2.45, 2.75) is 13.1 Å². The van der Waals surface area contributed by atoms with Gasteiger partial charge in [-0.25, -0.2) is 0 Å². The number of rotatable bonds is 4. The Labute approximate surface area is 102 Å². The van der Waals surface area contributed by atoms with E-state index in [0.717, 1.165) is 7.05 Å². The maximum absolute atomic E-state index is 12.1. The van der Waals surface area contributed by atoms with Gasteiger partial charge in [0.2, 0.25) is 0 Å². The van der Waals surface area contributed by atoms with Crippen molar-refractivity contribution in [2.75, 3.05) is 25.5 Å². The van der Waals surface area contributed by atoms with Gasteiger partial charge in [0.1, 0.15) is 12.4 Å². The topological polar surface area (TPSA) is 58.1 Å². The number of carbonyl (C=O) groups excluding carboxylic acids is 1. The molecule has 1 N–H and O–H groups in total. The molecule has 1 amide bonds. The monoisotopic (exact) mass is 262 g/mol. The number of hydrogen-bond donors (Lipinski definition) is 1. The van der Waals surface area contributed by atoms with E-state index >= 15 is 0 Å². The van der Waals surface area contributed by atoms with Gasteiger partial charge < -0.3 is 10.2 Å². The molecule has 1 heterocycles. The third-order valence-electron chi connectivity index (χ3n) is 2.00. The molecular formula is C10H13F3N4O. The first-order valence-corrected chi connectivity index (χ1v) is 5.23. The van der Waals surface area contributed by atoms with Gasteiger partial charge in [0, 0.05) is 13.6 Å². The van der Waals surface area contributed by atoms with E-state index in [0.29, 0.717) is 17.3 Å². The molecule has 1 rings (SSSR count). The van der Waals surface area contributed by atoms with Crippen molar-refractivity contribution in [3.63, 3.8) is 0 Å². The summed E-state index contributed by atoms with van der Waals surface area (Å²) in [5.74, 6) is -0.351. The number of halogens is 3. The highest BCUT2D eigenvalue weighted by Gasteiger charge is 2.31. The molecule has 0 saturated heterocycles. The van der Waals surface area contributed by atoms with Crippen LogP contribution in [-0.2, 0) is 0 Å². The number of amides is 1. The van der Waals surface area contributed by atoms with Crippen LogP contribution in [0.2, 0.25) is 0 Å². The molecule has 0 fully saturated rings. The Morgan fingerprint density at radius 3 is 2.50 bits per heavy atom. The predicted molar refractivity (Wildman–Crippen MR) is 59.2 cm³/mol. The molecule has 18 heavy (non-hydrogen) atoms. The maximum Gasteiger partial charge on any atom is 0.406 e. The van der Waals surface area contributed by atoms with E-state index in [-0.39, 0.29) is 5.69 Å². The Morgan fingerprint density at radius 1 is 1.39 bits per heavy atom. The Hall–Kier alpha value is -1.86. The Morgan fingerprint density at radius 2 is 2.06 bits per heavy atom. The molecule has 5 nitrogen and oxygen atoms in total. The zero-order chi connectivity index (χ0) is 13.8. The molecule has 0 bridgehead atoms. The van der Waals surface area contributed by atoms with Crippen molar-refractivity contribution < 1.29 is 18.0 Å². The lowest BCUT2D eigenvalue weighted by Crippen LogP contribution is -2.36. The van der Waals surface area contributed by atoms with Gasteiger partial charge in [0.25, 0.3) is 5.91 Å². The minimum Gasteiger partial charge on any atom is -0.369 e. The second-order valence-electron chi connectivity index (χ2n) is 3.61. The highest BCUT2D eigenvalue weighted by atomic mass is 19.4. The number of carbonyl (C=O) groups is 1. The summed E-state index contributed by atoms with van der Waals surface area (Å²) in [6.45, 7) is 1.18. The summed E-state index contributed by atoms with van der Waals surface area (Å²) in [6, 6.07) is 2.82. The Kier molecular flexibility index (Phi) is 4.46. The lowest BCUT2D eigenvalue weighted by atomic mass is 10.3. The first-order valence-electron chi connectivity index (χ1n) is 5.23. The summed E-state index contributed by atoms with van der Waals surface area (Å²) in [5, 5.41) is 10.1. The molecule has 0 unspecified atom stereocenters. The zero-order valence-corrected chi connectivity index (χ0v) is 9.95. The lowest BCUT2D eigenvalue weighted by molar-refractivity contribution is -0.138. The van der Waals surface area contributed by atoms with Crippen molar-refractivity contribution in [1.29, 1.82) is 0 Å². The summed E-state index contributed by atoms with van der Waals surface area (Å²) in [5.41, 5.74) is -0.122. The number of aromatic nitrogens is 2. The van der Waals surface area contributed by atoms with Gasteiger partial charge in [-0.05, 0) is 19.1 Å². The van der Waals surface area contributed by atoms with E-state index in [9.17, 15) is 18.0 Å². The highest BCUT2D eigenvalue weighted by Crippen LogP contribution is 2.16. The van der Waals surface area contributed by atoms with Crippen molar-refractivity contribution >= 4 is 11.7 Å². The molecular weight excluding hydrogens is 249 g/mol. The van der Waals surface area contributed by atoms with Crippen molar-refractivity contribution in [2.24, 2.45) is 0 Å². The van der Waals surface area contributed by atoms with Crippen LogP contribution in [0.15, 0.2) is 12.1 Å². The number of alkyl halides is 3. The molecule has 0 radical (unpaired) electrons. The van der Waals surface area contributed by atoms with Crippen LogP contribution in [0.4, 0.5) is 19.0 Å². The molecule has 0 spiro atoms. The smallest absolute Gasteiger partial charge is 0.369 e. The van der Waals surface area contributed by atoms with E-state index in [4.69, 9.17) is 0 Å². The van der Waals surface area contributed by atoms with Gasteiger partial charge in [-0.1, -0.05) is 0 Å². The highest BCUT2D eigenvalue weighted by molar-refractivity contribution is 5.92. The third-order valence-corrected chi connectivity index (χ3v) is 2.00. The predicted octanol–water partition coefficient (Wildman–Crippen LogP) is 1.54. The summed E-state index contributed by atoms with van der Waals surface area (Å²) >= 11 is 0. The third kappa shape index (κ3) is 4.19. The van der Waals surface area contributed by atoms with Crippen LogP contribution < -0.4 is 5.32 Å². The molecule has 1 aromatic heterocycles. The van der Waals surface area contributed by atoms with E-state index < -0.39 is 18.6 Å². The molecule has 0 aliphatic carbocycles. The summed E-state index contributed by atoms with van der Waals surface area (Å²) in [4.78, 5) is 12.1. The van der Waals surface area contributed by atoms with Crippen LogP contribution in [0, 0.1) is 0 Å². The van der Waals surface area contributed by atoms with Gasteiger partial charge in [-0.15, -0.1) is 10.2 Å². The number of nitrogens with one attached hydrogen (secondary N) is 1. The number of anilines is 1. The zero-order valence-electron chi connectivity index (χ0n) is 9.95. The molecule has 0 aromatic carbocycles. The SMILES string of the molecule is CCNc1ccc(C(=O)N(C)CC(F)(F)F)nn1. The molecule has 8 heteroatoms. The fourth-order valence-corrected chi connectivity index (χ4v) is 1.26. The first-order chi connectivity index (χ1) is 8.33. The second kappa shape index (κ2) is 5.65. The van der Waals surface area contributed by atoms with Crippen molar-refractivity contribution in [1.82, 2.24) is 15.1 Å². The van der Waals surface area contributed by atoms with Crippen LogP contribution in [0.3, 0.4) is 0 Å². The lowest BCUT2D eigenvalue weighted by Gasteiger charge is -2.18. The van der Waals surface area contributed by atoms with Gasteiger partial charge in [-0.2, -0.15) is 13.2 Å². The quantitative estimate of drug-likeness (QED) is 0.894. The number of nitrogens with zero attached hydrogens (tertiary/aromatic N) is 3. The van der Waals surface area contributed by atoms with Crippen LogP contribution in [0.1, 0.15) is 17.4 Å². The molecule has 100 valence electrons. The average Bonchev–Trinajstić information content (AvgIpc) is 2.27.